The van der Waals surface area contributed by atoms with Crippen LogP contribution in [0.4, 0.5) is 0 Å². The van der Waals surface area contributed by atoms with Gasteiger partial charge in [0.1, 0.15) is 11.5 Å². The predicted molar refractivity (Wildman–Crippen MR) is 52.0 cm³/mol. The summed E-state index contributed by atoms with van der Waals surface area (Å²) in [5.74, 6) is 0.960. The van der Waals surface area contributed by atoms with Crippen LogP contribution in [0, 0.1) is 0 Å². The van der Waals surface area contributed by atoms with Crippen LogP contribution in [0.15, 0.2) is 24.3 Å². The van der Waals surface area contributed by atoms with Crippen LogP contribution < -0.4 is 4.74 Å². The lowest BCUT2D eigenvalue weighted by atomic mass is 10.3. The van der Waals surface area contributed by atoms with Crippen molar-refractivity contribution in [3.8, 4) is 11.5 Å². The molecule has 1 aromatic carbocycles. The minimum atomic E-state index is 0.242. The van der Waals surface area contributed by atoms with Crippen molar-refractivity contribution in [3.63, 3.8) is 0 Å². The first-order valence-corrected chi connectivity index (χ1v) is 4.93. The van der Waals surface area contributed by atoms with Crippen LogP contribution in [0.5, 0.6) is 11.5 Å². The van der Waals surface area contributed by atoms with Crippen molar-refractivity contribution in [1.29, 1.82) is 0 Å². The lowest BCUT2D eigenvalue weighted by Crippen LogP contribution is -1.96. The van der Waals surface area contributed by atoms with Gasteiger partial charge in [0.25, 0.3) is 0 Å². The molecule has 66 valence electrons. The van der Waals surface area contributed by atoms with E-state index in [4.69, 9.17) is 9.84 Å². The topological polar surface area (TPSA) is 29.5 Å². The molecule has 0 fully saturated rings. The molecule has 0 aliphatic heterocycles. The lowest BCUT2D eigenvalue weighted by molar-refractivity contribution is 0.317. The molecule has 0 radical (unpaired) electrons. The lowest BCUT2D eigenvalue weighted by Gasteiger charge is -2.04. The van der Waals surface area contributed by atoms with Gasteiger partial charge in [0, 0.05) is 11.4 Å². The fraction of sp³-hybridized carbons (Fsp3) is 0.333. The van der Waals surface area contributed by atoms with Gasteiger partial charge >= 0.3 is 0 Å². The molecule has 1 aromatic rings. The van der Waals surface area contributed by atoms with Crippen LogP contribution in [0.2, 0.25) is 0 Å². The molecule has 0 aliphatic carbocycles. The van der Waals surface area contributed by atoms with Gasteiger partial charge in [-0.15, -0.1) is 0 Å². The molecule has 0 amide bonds. The molecule has 2 nitrogen and oxygen atoms in total. The Hall–Kier alpha value is -0.700. The summed E-state index contributed by atoms with van der Waals surface area (Å²) in [5, 5.41) is 10.0. The number of rotatable bonds is 4. The Balaban J connectivity index is 2.41. The molecule has 3 heteroatoms. The van der Waals surface area contributed by atoms with E-state index in [9.17, 15) is 0 Å². The summed E-state index contributed by atoms with van der Waals surface area (Å²) in [5.41, 5.74) is 0. The second-order valence-electron chi connectivity index (χ2n) is 2.39. The van der Waals surface area contributed by atoms with Crippen LogP contribution in [0.1, 0.15) is 6.42 Å². The van der Waals surface area contributed by atoms with E-state index in [1.54, 1.807) is 18.2 Å². The highest BCUT2D eigenvalue weighted by Crippen LogP contribution is 2.17. The second kappa shape index (κ2) is 5.04. The summed E-state index contributed by atoms with van der Waals surface area (Å²) in [6.45, 7) is 0.675. The Morgan fingerprint density at radius 3 is 2.92 bits per heavy atom. The number of benzene rings is 1. The molecule has 0 aromatic heterocycles. The first-order chi connectivity index (χ1) is 5.83. The zero-order valence-corrected chi connectivity index (χ0v) is 8.25. The smallest absolute Gasteiger partial charge is 0.122 e. The molecular formula is C9H11BrO2. The zero-order chi connectivity index (χ0) is 8.81. The highest BCUT2D eigenvalue weighted by Gasteiger charge is 1.93. The summed E-state index contributed by atoms with van der Waals surface area (Å²) in [6, 6.07) is 6.82. The van der Waals surface area contributed by atoms with Crippen LogP contribution in [0.25, 0.3) is 0 Å². The van der Waals surface area contributed by atoms with Gasteiger partial charge in [0.15, 0.2) is 0 Å². The van der Waals surface area contributed by atoms with E-state index in [0.717, 1.165) is 17.5 Å². The first-order valence-electron chi connectivity index (χ1n) is 3.81. The Kier molecular flexibility index (Phi) is 3.94. The van der Waals surface area contributed by atoms with Gasteiger partial charge in [-0.2, -0.15) is 0 Å². The highest BCUT2D eigenvalue weighted by atomic mass is 79.9. The molecular weight excluding hydrogens is 220 g/mol. The maximum atomic E-state index is 9.08. The normalized spacial score (nSPS) is 9.75. The van der Waals surface area contributed by atoms with Crippen molar-refractivity contribution in [3.05, 3.63) is 24.3 Å². The third-order valence-corrected chi connectivity index (χ3v) is 1.93. The average molecular weight is 231 g/mol. The molecule has 0 atom stereocenters. The Labute approximate surface area is 80.3 Å². The fourth-order valence-electron chi connectivity index (χ4n) is 0.818. The van der Waals surface area contributed by atoms with E-state index < -0.39 is 0 Å². The number of halogens is 1. The predicted octanol–water partition coefficient (Wildman–Crippen LogP) is 2.56. The molecule has 1 rings (SSSR count). The van der Waals surface area contributed by atoms with Crippen molar-refractivity contribution >= 4 is 15.9 Å². The van der Waals surface area contributed by atoms with Gasteiger partial charge < -0.3 is 9.84 Å². The molecule has 0 heterocycles. The average Bonchev–Trinajstić information content (AvgIpc) is 2.05. The number of hydrogen-bond acceptors (Lipinski definition) is 2. The van der Waals surface area contributed by atoms with E-state index in [1.165, 1.54) is 0 Å². The molecule has 12 heavy (non-hydrogen) atoms. The van der Waals surface area contributed by atoms with Crippen LogP contribution >= 0.6 is 15.9 Å². The number of aromatic hydroxyl groups is 1. The van der Waals surface area contributed by atoms with E-state index in [2.05, 4.69) is 15.9 Å². The first kappa shape index (κ1) is 9.39. The second-order valence-corrected chi connectivity index (χ2v) is 3.18. The van der Waals surface area contributed by atoms with Gasteiger partial charge in [-0.05, 0) is 18.6 Å². The van der Waals surface area contributed by atoms with Crippen LogP contribution in [-0.2, 0) is 0 Å². The van der Waals surface area contributed by atoms with Gasteiger partial charge in [-0.3, -0.25) is 0 Å². The third-order valence-electron chi connectivity index (χ3n) is 1.36. The number of hydrogen-bond donors (Lipinski definition) is 1. The Bertz CT molecular complexity index is 238. The van der Waals surface area contributed by atoms with Gasteiger partial charge in [0.2, 0.25) is 0 Å². The van der Waals surface area contributed by atoms with Crippen molar-refractivity contribution < 1.29 is 9.84 Å². The Morgan fingerprint density at radius 1 is 1.42 bits per heavy atom. The van der Waals surface area contributed by atoms with Gasteiger partial charge in [0.05, 0.1) is 6.61 Å². The van der Waals surface area contributed by atoms with Crippen molar-refractivity contribution in [2.24, 2.45) is 0 Å². The minimum Gasteiger partial charge on any atom is -0.508 e. The summed E-state index contributed by atoms with van der Waals surface area (Å²) < 4.78 is 5.34. The van der Waals surface area contributed by atoms with E-state index in [-0.39, 0.29) is 5.75 Å². The standard InChI is InChI=1S/C9H11BrO2/c10-5-2-6-12-9-4-1-3-8(11)7-9/h1,3-4,7,11H,2,5-6H2. The Morgan fingerprint density at radius 2 is 2.25 bits per heavy atom. The summed E-state index contributed by atoms with van der Waals surface area (Å²) in [7, 11) is 0. The number of alkyl halides is 1. The van der Waals surface area contributed by atoms with E-state index >= 15 is 0 Å². The number of ether oxygens (including phenoxy) is 1. The fourth-order valence-corrected chi connectivity index (χ4v) is 1.05. The van der Waals surface area contributed by atoms with Gasteiger partial charge in [-0.1, -0.05) is 22.0 Å². The molecule has 1 N–H and O–H groups in total. The largest absolute Gasteiger partial charge is 0.508 e. The molecule has 0 unspecified atom stereocenters. The number of phenols is 1. The van der Waals surface area contributed by atoms with Crippen LogP contribution in [0.3, 0.4) is 0 Å². The summed E-state index contributed by atoms with van der Waals surface area (Å²) >= 11 is 3.31. The van der Waals surface area contributed by atoms with Crippen molar-refractivity contribution in [2.75, 3.05) is 11.9 Å². The van der Waals surface area contributed by atoms with Crippen LogP contribution in [-0.4, -0.2) is 17.0 Å². The molecule has 0 bridgehead atoms. The van der Waals surface area contributed by atoms with Crippen molar-refractivity contribution in [2.45, 2.75) is 6.42 Å². The monoisotopic (exact) mass is 230 g/mol. The SMILES string of the molecule is Oc1cccc(OCCCBr)c1. The summed E-state index contributed by atoms with van der Waals surface area (Å²) in [6.07, 6.45) is 0.968. The zero-order valence-electron chi connectivity index (χ0n) is 6.66. The van der Waals surface area contributed by atoms with Crippen molar-refractivity contribution in [1.82, 2.24) is 0 Å². The molecule has 0 saturated heterocycles. The maximum absolute atomic E-state index is 9.08. The molecule has 0 saturated carbocycles. The minimum absolute atomic E-state index is 0.242. The third kappa shape index (κ3) is 3.13. The highest BCUT2D eigenvalue weighted by molar-refractivity contribution is 9.09. The molecule has 0 spiro atoms. The number of phenolic OH excluding ortho intramolecular Hbond substituents is 1. The van der Waals surface area contributed by atoms with E-state index in [1.807, 2.05) is 6.07 Å². The molecule has 0 aliphatic rings. The maximum Gasteiger partial charge on any atom is 0.122 e. The quantitative estimate of drug-likeness (QED) is 0.637. The summed E-state index contributed by atoms with van der Waals surface area (Å²) in [4.78, 5) is 0. The van der Waals surface area contributed by atoms with Gasteiger partial charge in [-0.25, -0.2) is 0 Å². The van der Waals surface area contributed by atoms with E-state index in [0.29, 0.717) is 6.61 Å².